The minimum Gasteiger partial charge on any atom is -0.377 e. The first-order valence-electron chi connectivity index (χ1n) is 5.64. The van der Waals surface area contributed by atoms with Gasteiger partial charge in [-0.15, -0.1) is 0 Å². The third-order valence-electron chi connectivity index (χ3n) is 2.73. The zero-order valence-electron chi connectivity index (χ0n) is 9.88. The average Bonchev–Trinajstić information content (AvgIpc) is 2.79. The van der Waals surface area contributed by atoms with Crippen LogP contribution in [0.1, 0.15) is 12.6 Å². The van der Waals surface area contributed by atoms with Gasteiger partial charge in [0.1, 0.15) is 11.6 Å². The van der Waals surface area contributed by atoms with Gasteiger partial charge in [0.25, 0.3) is 0 Å². The first-order valence-corrected chi connectivity index (χ1v) is 6.43. The summed E-state index contributed by atoms with van der Waals surface area (Å²) in [5.41, 5.74) is 1.19. The van der Waals surface area contributed by atoms with E-state index in [-0.39, 0.29) is 10.2 Å². The molecule has 18 heavy (non-hydrogen) atoms. The molecule has 0 atom stereocenters. The van der Waals surface area contributed by atoms with Crippen molar-refractivity contribution in [2.24, 2.45) is 0 Å². The van der Waals surface area contributed by atoms with Crippen molar-refractivity contribution in [1.29, 1.82) is 0 Å². The van der Waals surface area contributed by atoms with Gasteiger partial charge in [0, 0.05) is 24.5 Å². The SMILES string of the molecule is CCn1cccc1CNc1cc(F)c(Br)cc1F. The molecule has 0 aliphatic rings. The van der Waals surface area contributed by atoms with Gasteiger partial charge in [0.05, 0.1) is 16.7 Å². The maximum absolute atomic E-state index is 13.6. The Labute approximate surface area is 113 Å². The van der Waals surface area contributed by atoms with E-state index in [1.165, 1.54) is 0 Å². The zero-order valence-corrected chi connectivity index (χ0v) is 11.5. The minimum atomic E-state index is -0.482. The molecule has 0 unspecified atom stereocenters. The molecule has 2 aromatic rings. The van der Waals surface area contributed by atoms with Gasteiger partial charge in [-0.2, -0.15) is 0 Å². The molecule has 5 heteroatoms. The van der Waals surface area contributed by atoms with Gasteiger partial charge >= 0.3 is 0 Å². The number of hydrogen-bond donors (Lipinski definition) is 1. The van der Waals surface area contributed by atoms with Crippen LogP contribution >= 0.6 is 15.9 Å². The lowest BCUT2D eigenvalue weighted by Crippen LogP contribution is -2.07. The van der Waals surface area contributed by atoms with Gasteiger partial charge in [-0.1, -0.05) is 0 Å². The number of nitrogens with one attached hydrogen (secondary N) is 1. The van der Waals surface area contributed by atoms with Crippen LogP contribution in [0.25, 0.3) is 0 Å². The predicted molar refractivity (Wildman–Crippen MR) is 71.5 cm³/mol. The fourth-order valence-electron chi connectivity index (χ4n) is 1.76. The minimum absolute atomic E-state index is 0.127. The lowest BCUT2D eigenvalue weighted by Gasteiger charge is -2.10. The van der Waals surface area contributed by atoms with Crippen LogP contribution in [0.2, 0.25) is 0 Å². The smallest absolute Gasteiger partial charge is 0.147 e. The first-order chi connectivity index (χ1) is 8.61. The Balaban J connectivity index is 2.13. The molecule has 1 aromatic carbocycles. The lowest BCUT2D eigenvalue weighted by atomic mass is 10.3. The molecule has 0 saturated carbocycles. The molecule has 0 saturated heterocycles. The summed E-state index contributed by atoms with van der Waals surface area (Å²) in [7, 11) is 0. The van der Waals surface area contributed by atoms with E-state index in [1.807, 2.05) is 29.8 Å². The van der Waals surface area contributed by atoms with Crippen LogP contribution in [-0.2, 0) is 13.1 Å². The lowest BCUT2D eigenvalue weighted by molar-refractivity contribution is 0.596. The van der Waals surface area contributed by atoms with Gasteiger partial charge in [-0.25, -0.2) is 8.78 Å². The van der Waals surface area contributed by atoms with Gasteiger partial charge < -0.3 is 9.88 Å². The van der Waals surface area contributed by atoms with E-state index in [0.29, 0.717) is 6.54 Å². The standard InChI is InChI=1S/C13H13BrF2N2/c1-2-18-5-3-4-9(18)8-17-13-7-11(15)10(14)6-12(13)16/h3-7,17H,2,8H2,1H3. The summed E-state index contributed by atoms with van der Waals surface area (Å²) in [6.45, 7) is 3.34. The van der Waals surface area contributed by atoms with Gasteiger partial charge in [0.2, 0.25) is 0 Å². The number of anilines is 1. The molecule has 0 spiro atoms. The van der Waals surface area contributed by atoms with Gasteiger partial charge in [-0.05, 0) is 41.1 Å². The Hall–Kier alpha value is -1.36. The molecule has 0 aliphatic carbocycles. The van der Waals surface area contributed by atoms with Crippen LogP contribution in [0.3, 0.4) is 0 Å². The Morgan fingerprint density at radius 1 is 1.28 bits per heavy atom. The highest BCUT2D eigenvalue weighted by Crippen LogP contribution is 2.23. The van der Waals surface area contributed by atoms with Crippen LogP contribution in [0, 0.1) is 11.6 Å². The number of aromatic nitrogens is 1. The van der Waals surface area contributed by atoms with Crippen LogP contribution in [0.4, 0.5) is 14.5 Å². The molecule has 2 nitrogen and oxygen atoms in total. The number of rotatable bonds is 4. The van der Waals surface area contributed by atoms with Crippen molar-refractivity contribution >= 4 is 21.6 Å². The quantitative estimate of drug-likeness (QED) is 0.838. The highest BCUT2D eigenvalue weighted by molar-refractivity contribution is 9.10. The van der Waals surface area contributed by atoms with Crippen molar-refractivity contribution in [2.45, 2.75) is 20.0 Å². The first kappa shape index (κ1) is 13.1. The Kier molecular flexibility index (Phi) is 4.01. The van der Waals surface area contributed by atoms with E-state index < -0.39 is 11.6 Å². The van der Waals surface area contributed by atoms with E-state index in [0.717, 1.165) is 24.4 Å². The Morgan fingerprint density at radius 2 is 2.06 bits per heavy atom. The summed E-state index contributed by atoms with van der Waals surface area (Å²) in [5.74, 6) is -0.956. The highest BCUT2D eigenvalue weighted by Gasteiger charge is 2.08. The monoisotopic (exact) mass is 314 g/mol. The second-order valence-electron chi connectivity index (χ2n) is 3.89. The number of hydrogen-bond acceptors (Lipinski definition) is 1. The molecule has 0 fully saturated rings. The molecular formula is C13H13BrF2N2. The van der Waals surface area contributed by atoms with Crippen molar-refractivity contribution in [2.75, 3.05) is 5.32 Å². The molecule has 1 heterocycles. The summed E-state index contributed by atoms with van der Waals surface area (Å²) in [6, 6.07) is 6.15. The van der Waals surface area contributed by atoms with Crippen molar-refractivity contribution in [3.8, 4) is 0 Å². The summed E-state index contributed by atoms with van der Waals surface area (Å²) >= 11 is 2.95. The average molecular weight is 315 g/mol. The number of aryl methyl sites for hydroxylation is 1. The molecule has 96 valence electrons. The van der Waals surface area contributed by atoms with Crippen LogP contribution < -0.4 is 5.32 Å². The van der Waals surface area contributed by atoms with Crippen molar-refractivity contribution < 1.29 is 8.78 Å². The van der Waals surface area contributed by atoms with E-state index in [9.17, 15) is 8.78 Å². The molecule has 0 aliphatic heterocycles. The largest absolute Gasteiger partial charge is 0.377 e. The fourth-order valence-corrected chi connectivity index (χ4v) is 2.08. The third-order valence-corrected chi connectivity index (χ3v) is 3.34. The normalized spacial score (nSPS) is 10.7. The van der Waals surface area contributed by atoms with Gasteiger partial charge in [-0.3, -0.25) is 0 Å². The maximum Gasteiger partial charge on any atom is 0.147 e. The van der Waals surface area contributed by atoms with E-state index in [2.05, 4.69) is 21.2 Å². The Morgan fingerprint density at radius 3 is 2.78 bits per heavy atom. The third kappa shape index (κ3) is 2.72. The summed E-state index contributed by atoms with van der Waals surface area (Å²) < 4.78 is 29.1. The second-order valence-corrected chi connectivity index (χ2v) is 4.74. The van der Waals surface area contributed by atoms with Crippen molar-refractivity contribution in [3.05, 3.63) is 52.3 Å². The van der Waals surface area contributed by atoms with E-state index in [1.54, 1.807) is 0 Å². The van der Waals surface area contributed by atoms with E-state index >= 15 is 0 Å². The highest BCUT2D eigenvalue weighted by atomic mass is 79.9. The molecule has 2 rings (SSSR count). The Bertz CT molecular complexity index is 552. The summed E-state index contributed by atoms with van der Waals surface area (Å²) in [6.07, 6.45) is 1.95. The predicted octanol–water partition coefficient (Wildman–Crippen LogP) is 4.16. The van der Waals surface area contributed by atoms with Gasteiger partial charge in [0.15, 0.2) is 0 Å². The number of nitrogens with zero attached hydrogens (tertiary/aromatic N) is 1. The molecule has 0 amide bonds. The molecule has 1 N–H and O–H groups in total. The van der Waals surface area contributed by atoms with Crippen LogP contribution in [0.5, 0.6) is 0 Å². The topological polar surface area (TPSA) is 17.0 Å². The molecule has 0 bridgehead atoms. The number of halogens is 3. The zero-order chi connectivity index (χ0) is 13.1. The van der Waals surface area contributed by atoms with E-state index in [4.69, 9.17) is 0 Å². The van der Waals surface area contributed by atoms with Crippen LogP contribution in [0.15, 0.2) is 34.9 Å². The molecule has 0 radical (unpaired) electrons. The van der Waals surface area contributed by atoms with Crippen molar-refractivity contribution in [1.82, 2.24) is 4.57 Å². The van der Waals surface area contributed by atoms with Crippen LogP contribution in [-0.4, -0.2) is 4.57 Å². The second kappa shape index (κ2) is 5.52. The molecule has 1 aromatic heterocycles. The summed E-state index contributed by atoms with van der Waals surface area (Å²) in [5, 5.41) is 2.90. The molecular weight excluding hydrogens is 302 g/mol. The number of benzene rings is 1. The summed E-state index contributed by atoms with van der Waals surface area (Å²) in [4.78, 5) is 0. The van der Waals surface area contributed by atoms with Crippen molar-refractivity contribution in [3.63, 3.8) is 0 Å². The fraction of sp³-hybridized carbons (Fsp3) is 0.231. The maximum atomic E-state index is 13.6.